The zero-order valence-corrected chi connectivity index (χ0v) is 30.9. The van der Waals surface area contributed by atoms with Crippen LogP contribution < -0.4 is 0 Å². The summed E-state index contributed by atoms with van der Waals surface area (Å²) in [5.74, 6) is 0. The Bertz CT molecular complexity index is 1780. The van der Waals surface area contributed by atoms with E-state index in [-0.39, 0.29) is 0 Å². The van der Waals surface area contributed by atoms with Gasteiger partial charge in [0, 0.05) is 0 Å². The molecule has 0 radical (unpaired) electrons. The van der Waals surface area contributed by atoms with E-state index in [1.54, 1.807) is 32.7 Å². The highest BCUT2D eigenvalue weighted by atomic mass is 14.2. The Morgan fingerprint density at radius 2 is 0.646 bits per heavy atom. The molecule has 0 aliphatic heterocycles. The minimum atomic E-state index is 1.17. The van der Waals surface area contributed by atoms with E-state index in [4.69, 9.17) is 0 Å². The van der Waals surface area contributed by atoms with Gasteiger partial charge in [-0.05, 0) is 127 Å². The Hall–Kier alpha value is -3.12. The number of fused-ring (bicyclic) bond motifs is 6. The maximum atomic E-state index is 2.60. The number of rotatable bonds is 20. The van der Waals surface area contributed by atoms with Gasteiger partial charge in [0.1, 0.15) is 0 Å². The molecule has 0 aliphatic rings. The summed E-state index contributed by atoms with van der Waals surface area (Å²) in [6.07, 6.45) is 25.7. The van der Waals surface area contributed by atoms with E-state index in [0.29, 0.717) is 0 Å². The number of hydrogen-bond acceptors (Lipinski definition) is 0. The van der Waals surface area contributed by atoms with Gasteiger partial charge in [-0.2, -0.15) is 0 Å². The first kappa shape index (κ1) is 34.7. The molecular weight excluding hydrogens is 577 g/mol. The molecule has 0 aromatic heterocycles. The van der Waals surface area contributed by atoms with Gasteiger partial charge in [0.15, 0.2) is 0 Å². The van der Waals surface area contributed by atoms with Crippen LogP contribution in [0.15, 0.2) is 60.7 Å². The molecule has 0 atom stereocenters. The van der Waals surface area contributed by atoms with Crippen molar-refractivity contribution in [2.45, 2.75) is 156 Å². The summed E-state index contributed by atoms with van der Waals surface area (Å²) in [5.41, 5.74) is 6.16. The Morgan fingerprint density at radius 1 is 0.292 bits per heavy atom. The average Bonchev–Trinajstić information content (AvgIpc) is 3.12. The van der Waals surface area contributed by atoms with Crippen LogP contribution in [0.3, 0.4) is 0 Å². The van der Waals surface area contributed by atoms with E-state index in [1.807, 2.05) is 0 Å². The molecule has 254 valence electrons. The minimum absolute atomic E-state index is 1.17. The van der Waals surface area contributed by atoms with Crippen LogP contribution in [0.5, 0.6) is 0 Å². The molecule has 6 rings (SSSR count). The Kier molecular flexibility index (Phi) is 12.3. The molecule has 0 fully saturated rings. The monoisotopic (exact) mass is 638 g/mol. The van der Waals surface area contributed by atoms with Crippen LogP contribution in [0.4, 0.5) is 0 Å². The molecule has 0 N–H and O–H groups in total. The highest BCUT2D eigenvalue weighted by molar-refractivity contribution is 6.40. The van der Waals surface area contributed by atoms with Gasteiger partial charge in [-0.3, -0.25) is 0 Å². The molecule has 0 saturated heterocycles. The third kappa shape index (κ3) is 7.39. The van der Waals surface area contributed by atoms with Crippen LogP contribution in [0.2, 0.25) is 0 Å². The second kappa shape index (κ2) is 17.0. The summed E-state index contributed by atoms with van der Waals surface area (Å²) < 4.78 is 0. The van der Waals surface area contributed by atoms with Crippen molar-refractivity contribution in [3.8, 4) is 0 Å². The summed E-state index contributed by atoms with van der Waals surface area (Å²) in [5, 5.41) is 15.0. The Labute approximate surface area is 292 Å². The van der Waals surface area contributed by atoms with Gasteiger partial charge in [0.25, 0.3) is 0 Å². The third-order valence-corrected chi connectivity index (χ3v) is 11.4. The number of aryl methyl sites for hydroxylation is 4. The van der Waals surface area contributed by atoms with E-state index in [0.717, 1.165) is 0 Å². The molecule has 0 unspecified atom stereocenters. The van der Waals surface area contributed by atoms with Gasteiger partial charge in [-0.1, -0.05) is 165 Å². The average molecular weight is 639 g/mol. The fraction of sp³-hybridized carbons (Fsp3) is 0.500. The predicted octanol–water partition coefficient (Wildman–Crippen LogP) is 15.4. The lowest BCUT2D eigenvalue weighted by Crippen LogP contribution is -1.98. The van der Waals surface area contributed by atoms with Crippen molar-refractivity contribution in [3.05, 3.63) is 82.9 Å². The molecule has 0 spiro atoms. The molecule has 0 heterocycles. The summed E-state index contributed by atoms with van der Waals surface area (Å²) in [7, 11) is 0. The summed E-state index contributed by atoms with van der Waals surface area (Å²) in [6, 6.07) is 25.2. The number of benzene rings is 6. The van der Waals surface area contributed by atoms with Crippen LogP contribution in [-0.4, -0.2) is 0 Å². The van der Waals surface area contributed by atoms with Gasteiger partial charge >= 0.3 is 0 Å². The smallest absolute Gasteiger partial charge is 0.00110 e. The van der Waals surface area contributed by atoms with E-state index >= 15 is 0 Å². The molecule has 0 bridgehead atoms. The molecule has 6 aromatic carbocycles. The second-order valence-electron chi connectivity index (χ2n) is 15.0. The predicted molar refractivity (Wildman–Crippen MR) is 217 cm³/mol. The van der Waals surface area contributed by atoms with Crippen molar-refractivity contribution in [1.29, 1.82) is 0 Å². The topological polar surface area (TPSA) is 0 Å². The fourth-order valence-corrected chi connectivity index (χ4v) is 8.67. The first-order valence-electron chi connectivity index (χ1n) is 20.3. The summed E-state index contributed by atoms with van der Waals surface area (Å²) in [4.78, 5) is 0. The lowest BCUT2D eigenvalue weighted by molar-refractivity contribution is 0.667. The van der Waals surface area contributed by atoms with Crippen molar-refractivity contribution in [1.82, 2.24) is 0 Å². The lowest BCUT2D eigenvalue weighted by Gasteiger charge is -2.22. The quantitative estimate of drug-likeness (QED) is 0.0443. The van der Waals surface area contributed by atoms with Gasteiger partial charge in [0.05, 0.1) is 0 Å². The zero-order chi connectivity index (χ0) is 33.3. The Morgan fingerprint density at radius 3 is 1.02 bits per heavy atom. The van der Waals surface area contributed by atoms with Crippen LogP contribution in [0.1, 0.15) is 153 Å². The van der Waals surface area contributed by atoms with Crippen molar-refractivity contribution in [3.63, 3.8) is 0 Å². The second-order valence-corrected chi connectivity index (χ2v) is 15.0. The van der Waals surface area contributed by atoms with Crippen LogP contribution >= 0.6 is 0 Å². The van der Waals surface area contributed by atoms with Crippen LogP contribution in [-0.2, 0) is 25.7 Å². The zero-order valence-electron chi connectivity index (χ0n) is 30.9. The van der Waals surface area contributed by atoms with Crippen molar-refractivity contribution in [2.24, 2.45) is 0 Å². The number of unbranched alkanes of at least 4 members (excludes halogenated alkanes) is 12. The van der Waals surface area contributed by atoms with Gasteiger partial charge in [0.2, 0.25) is 0 Å². The number of hydrogen-bond donors (Lipinski definition) is 0. The highest BCUT2D eigenvalue weighted by Gasteiger charge is 2.21. The largest absolute Gasteiger partial charge is 0.0654 e. The molecule has 0 nitrogen and oxygen atoms in total. The molecular formula is C48H62. The normalized spacial score (nSPS) is 12.2. The molecule has 0 saturated carbocycles. The maximum absolute atomic E-state index is 2.60. The lowest BCUT2D eigenvalue weighted by atomic mass is 9.81. The molecule has 0 heteroatoms. The molecule has 48 heavy (non-hydrogen) atoms. The first-order chi connectivity index (χ1) is 23.7. The summed E-state index contributed by atoms with van der Waals surface area (Å²) in [6.45, 7) is 9.28. The van der Waals surface area contributed by atoms with Crippen molar-refractivity contribution >= 4 is 53.9 Å². The van der Waals surface area contributed by atoms with Gasteiger partial charge in [-0.25, -0.2) is 0 Å². The maximum Gasteiger partial charge on any atom is -0.00110 e. The van der Waals surface area contributed by atoms with Crippen molar-refractivity contribution in [2.75, 3.05) is 0 Å². The van der Waals surface area contributed by atoms with Gasteiger partial charge < -0.3 is 0 Å². The SMILES string of the molecule is CCCCCCc1ccc2c(c1)c1c(CCCCCC)ccc3c4ccc(CCCCCC)cc4c4c(CCCCCC)ccc2c4c31. The third-order valence-electron chi connectivity index (χ3n) is 11.4. The van der Waals surface area contributed by atoms with Crippen molar-refractivity contribution < 1.29 is 0 Å². The van der Waals surface area contributed by atoms with E-state index in [9.17, 15) is 0 Å². The first-order valence-corrected chi connectivity index (χ1v) is 20.3. The standard InChI is InChI=1S/C48H62/c1-5-9-13-17-21-35-25-29-39-41-31-28-38(24-20-16-12-8-4)46-44-34-36(22-18-14-10-6-2)26-30-40(44)42-32-27-37(23-19-15-11-7-3)45(43(39)33-35)47(42)48(41)46/h25-34H,5-24H2,1-4H3. The highest BCUT2D eigenvalue weighted by Crippen LogP contribution is 2.47. The molecule has 0 aliphatic carbocycles. The fourth-order valence-electron chi connectivity index (χ4n) is 8.67. The van der Waals surface area contributed by atoms with E-state index in [2.05, 4.69) is 88.4 Å². The molecule has 0 amide bonds. The van der Waals surface area contributed by atoms with Crippen LogP contribution in [0, 0.1) is 0 Å². The molecule has 6 aromatic rings. The summed E-state index contributed by atoms with van der Waals surface area (Å²) >= 11 is 0. The Balaban J connectivity index is 1.62. The van der Waals surface area contributed by atoms with E-state index < -0.39 is 0 Å². The van der Waals surface area contributed by atoms with Crippen LogP contribution in [0.25, 0.3) is 53.9 Å². The van der Waals surface area contributed by atoms with E-state index in [1.165, 1.54) is 172 Å². The minimum Gasteiger partial charge on any atom is -0.0654 e. The van der Waals surface area contributed by atoms with Gasteiger partial charge in [-0.15, -0.1) is 0 Å².